The molecule has 3 aromatic rings. The Balaban J connectivity index is 1.78. The van der Waals surface area contributed by atoms with Crippen LogP contribution in [0.2, 0.25) is 5.02 Å². The molecule has 1 amide bonds. The average molecular weight is 469 g/mol. The molecule has 2 heterocycles. The number of carbonyl (C=O) groups is 2. The number of fused-ring (bicyclic) bond motifs is 1. The summed E-state index contributed by atoms with van der Waals surface area (Å²) in [5.41, 5.74) is 1.08. The van der Waals surface area contributed by atoms with Crippen LogP contribution in [0.15, 0.2) is 64.3 Å². The number of furan rings is 1. The zero-order chi connectivity index (χ0) is 23.7. The van der Waals surface area contributed by atoms with Gasteiger partial charge in [0.05, 0.1) is 18.7 Å². The Morgan fingerprint density at radius 1 is 1.21 bits per heavy atom. The molecule has 0 saturated carbocycles. The van der Waals surface area contributed by atoms with E-state index in [9.17, 15) is 14.7 Å². The monoisotopic (exact) mass is 468 g/mol. The van der Waals surface area contributed by atoms with Crippen LogP contribution in [0.25, 0.3) is 11.0 Å². The number of carbonyl (C=O) groups excluding carboxylic acids is 2. The minimum absolute atomic E-state index is 0.0247. The number of aliphatic hydroxyl groups is 1. The van der Waals surface area contributed by atoms with E-state index in [0.717, 1.165) is 6.54 Å². The number of benzene rings is 2. The van der Waals surface area contributed by atoms with Gasteiger partial charge in [0.15, 0.2) is 11.5 Å². The van der Waals surface area contributed by atoms with E-state index < -0.39 is 23.5 Å². The first-order valence-electron chi connectivity index (χ1n) is 10.6. The highest BCUT2D eigenvalue weighted by Gasteiger charge is 2.45. The second-order valence-electron chi connectivity index (χ2n) is 8.18. The van der Waals surface area contributed by atoms with E-state index >= 15 is 0 Å². The second kappa shape index (κ2) is 9.29. The molecule has 1 atom stereocenters. The number of aliphatic hydroxyl groups excluding tert-OH is 1. The van der Waals surface area contributed by atoms with Crippen LogP contribution in [0.4, 0.5) is 0 Å². The first kappa shape index (κ1) is 22.9. The van der Waals surface area contributed by atoms with Crippen molar-refractivity contribution in [2.24, 2.45) is 0 Å². The van der Waals surface area contributed by atoms with Crippen molar-refractivity contribution in [3.63, 3.8) is 0 Å². The van der Waals surface area contributed by atoms with E-state index in [2.05, 4.69) is 0 Å². The van der Waals surface area contributed by atoms with Gasteiger partial charge in [-0.3, -0.25) is 9.59 Å². The maximum absolute atomic E-state index is 13.6. The number of ether oxygens (including phenoxy) is 1. The number of amides is 1. The van der Waals surface area contributed by atoms with E-state index in [1.54, 1.807) is 42.5 Å². The summed E-state index contributed by atoms with van der Waals surface area (Å²) in [6.45, 7) is 1.10. The number of ketones is 1. The highest BCUT2D eigenvalue weighted by atomic mass is 35.5. The van der Waals surface area contributed by atoms with Gasteiger partial charge in [0.25, 0.3) is 5.91 Å². The van der Waals surface area contributed by atoms with Gasteiger partial charge < -0.3 is 24.1 Å². The van der Waals surface area contributed by atoms with E-state index in [1.165, 1.54) is 12.0 Å². The molecule has 0 saturated heterocycles. The van der Waals surface area contributed by atoms with Gasteiger partial charge in [-0.1, -0.05) is 29.8 Å². The van der Waals surface area contributed by atoms with Crippen molar-refractivity contribution < 1.29 is 23.8 Å². The number of Topliss-reactive ketones (excluding diaryl/α,β-unsaturated/α-hetero) is 1. The number of para-hydroxylation sites is 1. The van der Waals surface area contributed by atoms with Crippen LogP contribution in [0.3, 0.4) is 0 Å². The molecule has 33 heavy (non-hydrogen) atoms. The van der Waals surface area contributed by atoms with E-state index in [0.29, 0.717) is 40.3 Å². The van der Waals surface area contributed by atoms with Crippen LogP contribution >= 0.6 is 11.6 Å². The van der Waals surface area contributed by atoms with Crippen molar-refractivity contribution in [3.05, 3.63) is 76.2 Å². The molecule has 1 aromatic heterocycles. The SMILES string of the molecule is COc1ccccc1C1C(C(=O)c2cc3cc(Cl)ccc3o2)=C(O)C(=O)N1CCCN(C)C. The largest absolute Gasteiger partial charge is 0.503 e. The summed E-state index contributed by atoms with van der Waals surface area (Å²) in [6.07, 6.45) is 0.669. The molecular formula is C25H25ClN2O5. The molecule has 0 spiro atoms. The summed E-state index contributed by atoms with van der Waals surface area (Å²) in [6, 6.07) is 13.0. The Hall–Kier alpha value is -3.29. The van der Waals surface area contributed by atoms with Crippen molar-refractivity contribution in [2.45, 2.75) is 12.5 Å². The van der Waals surface area contributed by atoms with Crippen molar-refractivity contribution in [1.29, 1.82) is 0 Å². The second-order valence-corrected chi connectivity index (χ2v) is 8.62. The lowest BCUT2D eigenvalue weighted by Crippen LogP contribution is -2.33. The van der Waals surface area contributed by atoms with Crippen molar-refractivity contribution >= 4 is 34.3 Å². The van der Waals surface area contributed by atoms with Gasteiger partial charge in [-0.2, -0.15) is 0 Å². The standard InChI is InChI=1S/C25H25ClN2O5/c1-27(2)11-6-12-28-22(17-7-4-5-8-19(17)32-3)21(24(30)25(28)31)23(29)20-14-15-13-16(26)9-10-18(15)33-20/h4-5,7-10,13-14,22,30H,6,11-12H2,1-3H3. The fourth-order valence-electron chi connectivity index (χ4n) is 4.15. The maximum atomic E-state index is 13.6. The average Bonchev–Trinajstić information content (AvgIpc) is 3.32. The minimum Gasteiger partial charge on any atom is -0.503 e. The summed E-state index contributed by atoms with van der Waals surface area (Å²) >= 11 is 6.06. The third-order valence-electron chi connectivity index (χ3n) is 5.69. The van der Waals surface area contributed by atoms with E-state index in [4.69, 9.17) is 20.8 Å². The molecule has 4 rings (SSSR count). The Morgan fingerprint density at radius 3 is 2.70 bits per heavy atom. The summed E-state index contributed by atoms with van der Waals surface area (Å²) in [5.74, 6) is -1.17. The van der Waals surface area contributed by atoms with Crippen LogP contribution in [-0.4, -0.2) is 60.9 Å². The zero-order valence-corrected chi connectivity index (χ0v) is 19.4. The molecule has 0 fully saturated rings. The predicted octanol–water partition coefficient (Wildman–Crippen LogP) is 4.62. The highest BCUT2D eigenvalue weighted by molar-refractivity contribution is 6.31. The molecule has 1 aliphatic heterocycles. The zero-order valence-electron chi connectivity index (χ0n) is 18.7. The van der Waals surface area contributed by atoms with Gasteiger partial charge in [0.2, 0.25) is 5.78 Å². The first-order valence-corrected chi connectivity index (χ1v) is 10.9. The molecular weight excluding hydrogens is 444 g/mol. The third kappa shape index (κ3) is 4.34. The predicted molar refractivity (Wildman–Crippen MR) is 126 cm³/mol. The molecule has 1 aliphatic rings. The van der Waals surface area contributed by atoms with E-state index in [-0.39, 0.29) is 11.3 Å². The van der Waals surface area contributed by atoms with Crippen LogP contribution in [0.1, 0.15) is 28.6 Å². The van der Waals surface area contributed by atoms with Crippen molar-refractivity contribution in [1.82, 2.24) is 9.80 Å². The molecule has 0 aliphatic carbocycles. The fourth-order valence-corrected chi connectivity index (χ4v) is 4.33. The minimum atomic E-state index is -0.805. The van der Waals surface area contributed by atoms with Crippen LogP contribution in [0, 0.1) is 0 Å². The molecule has 1 unspecified atom stereocenters. The number of rotatable bonds is 8. The van der Waals surface area contributed by atoms with Crippen LogP contribution < -0.4 is 4.74 Å². The van der Waals surface area contributed by atoms with Gasteiger partial charge in [-0.15, -0.1) is 0 Å². The number of methoxy groups -OCH3 is 1. The van der Waals surface area contributed by atoms with Crippen LogP contribution in [-0.2, 0) is 4.79 Å². The third-order valence-corrected chi connectivity index (χ3v) is 5.92. The topological polar surface area (TPSA) is 83.2 Å². The first-order chi connectivity index (χ1) is 15.8. The van der Waals surface area contributed by atoms with E-state index in [1.807, 2.05) is 25.1 Å². The molecule has 172 valence electrons. The lowest BCUT2D eigenvalue weighted by Gasteiger charge is -2.28. The summed E-state index contributed by atoms with van der Waals surface area (Å²) in [7, 11) is 5.42. The van der Waals surface area contributed by atoms with Crippen LogP contribution in [0.5, 0.6) is 5.75 Å². The molecule has 2 aromatic carbocycles. The number of hydrogen-bond donors (Lipinski definition) is 1. The van der Waals surface area contributed by atoms with Gasteiger partial charge in [0.1, 0.15) is 11.3 Å². The summed E-state index contributed by atoms with van der Waals surface area (Å²) in [5, 5.41) is 12.0. The normalized spacial score (nSPS) is 16.3. The maximum Gasteiger partial charge on any atom is 0.290 e. The quantitative estimate of drug-likeness (QED) is 0.485. The van der Waals surface area contributed by atoms with Crippen molar-refractivity contribution in [2.75, 3.05) is 34.3 Å². The summed E-state index contributed by atoms with van der Waals surface area (Å²) < 4.78 is 11.3. The number of nitrogens with zero attached hydrogens (tertiary/aromatic N) is 2. The van der Waals surface area contributed by atoms with Crippen molar-refractivity contribution in [3.8, 4) is 5.75 Å². The Labute approximate surface area is 196 Å². The lowest BCUT2D eigenvalue weighted by atomic mass is 9.94. The van der Waals surface area contributed by atoms with Gasteiger partial charge >= 0.3 is 0 Å². The molecule has 0 radical (unpaired) electrons. The van der Waals surface area contributed by atoms with Gasteiger partial charge in [-0.25, -0.2) is 0 Å². The number of hydrogen-bond acceptors (Lipinski definition) is 6. The molecule has 7 nitrogen and oxygen atoms in total. The molecule has 8 heteroatoms. The Kier molecular flexibility index (Phi) is 6.44. The number of halogens is 1. The van der Waals surface area contributed by atoms with Gasteiger partial charge in [-0.05, 0) is 57.4 Å². The molecule has 1 N–H and O–H groups in total. The van der Waals surface area contributed by atoms with Gasteiger partial charge in [0, 0.05) is 22.5 Å². The molecule has 0 bridgehead atoms. The smallest absolute Gasteiger partial charge is 0.290 e. The summed E-state index contributed by atoms with van der Waals surface area (Å²) in [4.78, 5) is 30.2. The lowest BCUT2D eigenvalue weighted by molar-refractivity contribution is -0.129. The fraction of sp³-hybridized carbons (Fsp3) is 0.280. The highest BCUT2D eigenvalue weighted by Crippen LogP contribution is 2.42. The Morgan fingerprint density at radius 2 is 1.97 bits per heavy atom. The Bertz CT molecular complexity index is 1250.